The molecule has 2 N–H and O–H groups in total. The van der Waals surface area contributed by atoms with Gasteiger partial charge in [0.2, 0.25) is 5.91 Å². The molecule has 4 heteroatoms. The predicted molar refractivity (Wildman–Crippen MR) is 93.6 cm³/mol. The first kappa shape index (κ1) is 16.5. The van der Waals surface area contributed by atoms with E-state index in [1.807, 2.05) is 31.2 Å². The Balaban J connectivity index is 1.73. The SMILES string of the molecule is CC(NC(=O)C1CCCC(C(=O)O)C1)c1cccc2ccccc12. The molecule has 0 saturated heterocycles. The zero-order valence-electron chi connectivity index (χ0n) is 13.9. The number of nitrogens with one attached hydrogen (secondary N) is 1. The lowest BCUT2D eigenvalue weighted by Crippen LogP contribution is -2.36. The number of rotatable bonds is 4. The van der Waals surface area contributed by atoms with E-state index in [1.165, 1.54) is 0 Å². The molecule has 126 valence electrons. The average molecular weight is 325 g/mol. The molecule has 0 heterocycles. The van der Waals surface area contributed by atoms with E-state index in [9.17, 15) is 14.7 Å². The van der Waals surface area contributed by atoms with Gasteiger partial charge >= 0.3 is 5.97 Å². The molecular formula is C20H23NO3. The molecule has 3 rings (SSSR count). The van der Waals surface area contributed by atoms with Crippen molar-refractivity contribution < 1.29 is 14.7 Å². The van der Waals surface area contributed by atoms with Crippen molar-refractivity contribution in [2.75, 3.05) is 0 Å². The summed E-state index contributed by atoms with van der Waals surface area (Å²) in [5, 5.41) is 14.6. The van der Waals surface area contributed by atoms with Gasteiger partial charge in [0.15, 0.2) is 0 Å². The Morgan fingerprint density at radius 3 is 2.58 bits per heavy atom. The van der Waals surface area contributed by atoms with Gasteiger partial charge in [-0.25, -0.2) is 0 Å². The first-order valence-corrected chi connectivity index (χ1v) is 8.57. The summed E-state index contributed by atoms with van der Waals surface area (Å²) in [6.45, 7) is 1.98. The predicted octanol–water partition coefficient (Wildman–Crippen LogP) is 3.91. The van der Waals surface area contributed by atoms with Crippen LogP contribution in [0.3, 0.4) is 0 Å². The van der Waals surface area contributed by atoms with Crippen LogP contribution in [0.1, 0.15) is 44.2 Å². The van der Waals surface area contributed by atoms with Crippen LogP contribution in [0, 0.1) is 11.8 Å². The number of amides is 1. The largest absolute Gasteiger partial charge is 0.481 e. The second-order valence-electron chi connectivity index (χ2n) is 6.70. The van der Waals surface area contributed by atoms with Gasteiger partial charge in [-0.15, -0.1) is 0 Å². The zero-order valence-corrected chi connectivity index (χ0v) is 13.9. The Labute approximate surface area is 141 Å². The maximum absolute atomic E-state index is 12.6. The summed E-state index contributed by atoms with van der Waals surface area (Å²) in [7, 11) is 0. The molecule has 0 radical (unpaired) electrons. The minimum atomic E-state index is -0.783. The number of aliphatic carboxylic acids is 1. The third-order valence-electron chi connectivity index (χ3n) is 5.04. The number of carboxylic acids is 1. The molecule has 2 aromatic rings. The van der Waals surface area contributed by atoms with Crippen molar-refractivity contribution in [3.05, 3.63) is 48.0 Å². The van der Waals surface area contributed by atoms with E-state index < -0.39 is 5.97 Å². The number of benzene rings is 2. The molecule has 1 aliphatic carbocycles. The Morgan fingerprint density at radius 1 is 1.08 bits per heavy atom. The van der Waals surface area contributed by atoms with Gasteiger partial charge < -0.3 is 10.4 Å². The van der Waals surface area contributed by atoms with Crippen LogP contribution < -0.4 is 5.32 Å². The fourth-order valence-electron chi connectivity index (χ4n) is 3.69. The van der Waals surface area contributed by atoms with Crippen LogP contribution in [-0.2, 0) is 9.59 Å². The fraction of sp³-hybridized carbons (Fsp3) is 0.400. The van der Waals surface area contributed by atoms with Gasteiger partial charge in [-0.1, -0.05) is 48.9 Å². The molecule has 2 aromatic carbocycles. The van der Waals surface area contributed by atoms with Crippen LogP contribution in [0.2, 0.25) is 0 Å². The lowest BCUT2D eigenvalue weighted by Gasteiger charge is -2.27. The minimum Gasteiger partial charge on any atom is -0.481 e. The number of carbonyl (C=O) groups is 2. The molecule has 0 bridgehead atoms. The monoisotopic (exact) mass is 325 g/mol. The maximum atomic E-state index is 12.6. The van der Waals surface area contributed by atoms with Gasteiger partial charge in [0.25, 0.3) is 0 Å². The number of fused-ring (bicyclic) bond motifs is 1. The summed E-state index contributed by atoms with van der Waals surface area (Å²) < 4.78 is 0. The van der Waals surface area contributed by atoms with Gasteiger partial charge in [-0.3, -0.25) is 9.59 Å². The molecule has 1 saturated carbocycles. The Hall–Kier alpha value is -2.36. The van der Waals surface area contributed by atoms with Crippen LogP contribution in [0.25, 0.3) is 10.8 Å². The molecule has 24 heavy (non-hydrogen) atoms. The molecule has 1 fully saturated rings. The van der Waals surface area contributed by atoms with Crippen LogP contribution in [0.5, 0.6) is 0 Å². The van der Waals surface area contributed by atoms with Crippen molar-refractivity contribution in [3.63, 3.8) is 0 Å². The highest BCUT2D eigenvalue weighted by molar-refractivity contribution is 5.87. The molecule has 0 spiro atoms. The standard InChI is InChI=1S/C20H23NO3/c1-13(17-11-5-7-14-6-2-3-10-18(14)17)21-19(22)15-8-4-9-16(12-15)20(23)24/h2-3,5-7,10-11,13,15-16H,4,8-9,12H2,1H3,(H,21,22)(H,23,24). The zero-order chi connectivity index (χ0) is 17.1. The number of carboxylic acid groups (broad SMARTS) is 1. The highest BCUT2D eigenvalue weighted by atomic mass is 16.4. The van der Waals surface area contributed by atoms with Gasteiger partial charge in [-0.2, -0.15) is 0 Å². The van der Waals surface area contributed by atoms with Crippen molar-refractivity contribution in [2.24, 2.45) is 11.8 Å². The van der Waals surface area contributed by atoms with E-state index in [-0.39, 0.29) is 23.8 Å². The highest BCUT2D eigenvalue weighted by Crippen LogP contribution is 2.30. The fourth-order valence-corrected chi connectivity index (χ4v) is 3.69. The van der Waals surface area contributed by atoms with Gasteiger partial charge in [0, 0.05) is 5.92 Å². The van der Waals surface area contributed by atoms with Gasteiger partial charge in [0.05, 0.1) is 12.0 Å². The number of hydrogen-bond donors (Lipinski definition) is 2. The second kappa shape index (κ2) is 7.04. The Kier molecular flexibility index (Phi) is 4.84. The number of hydrogen-bond acceptors (Lipinski definition) is 2. The van der Waals surface area contributed by atoms with Crippen molar-refractivity contribution >= 4 is 22.6 Å². The average Bonchev–Trinajstić information content (AvgIpc) is 2.61. The van der Waals surface area contributed by atoms with E-state index in [1.54, 1.807) is 0 Å². The summed E-state index contributed by atoms with van der Waals surface area (Å²) in [5.41, 5.74) is 1.09. The van der Waals surface area contributed by atoms with E-state index in [0.717, 1.165) is 29.2 Å². The third-order valence-corrected chi connectivity index (χ3v) is 5.04. The third kappa shape index (κ3) is 3.42. The lowest BCUT2D eigenvalue weighted by atomic mass is 9.81. The molecule has 3 atom stereocenters. The van der Waals surface area contributed by atoms with Crippen LogP contribution in [-0.4, -0.2) is 17.0 Å². The Bertz CT molecular complexity index is 750. The molecule has 3 unspecified atom stereocenters. The summed E-state index contributed by atoms with van der Waals surface area (Å²) in [4.78, 5) is 23.8. The topological polar surface area (TPSA) is 66.4 Å². The molecule has 0 aliphatic heterocycles. The maximum Gasteiger partial charge on any atom is 0.306 e. The highest BCUT2D eigenvalue weighted by Gasteiger charge is 2.31. The molecule has 4 nitrogen and oxygen atoms in total. The number of carbonyl (C=O) groups excluding carboxylic acids is 1. The Morgan fingerprint density at radius 2 is 1.79 bits per heavy atom. The smallest absolute Gasteiger partial charge is 0.306 e. The summed E-state index contributed by atoms with van der Waals surface area (Å²) >= 11 is 0. The van der Waals surface area contributed by atoms with Crippen LogP contribution >= 0.6 is 0 Å². The molecule has 1 amide bonds. The van der Waals surface area contributed by atoms with E-state index in [0.29, 0.717) is 12.8 Å². The molecule has 0 aromatic heterocycles. The lowest BCUT2D eigenvalue weighted by molar-refractivity contribution is -0.144. The first-order valence-electron chi connectivity index (χ1n) is 8.57. The summed E-state index contributed by atoms with van der Waals surface area (Å²) in [6, 6.07) is 14.1. The first-order chi connectivity index (χ1) is 11.6. The van der Waals surface area contributed by atoms with Crippen molar-refractivity contribution in [3.8, 4) is 0 Å². The normalized spacial score (nSPS) is 22.0. The van der Waals surface area contributed by atoms with E-state index in [2.05, 4.69) is 23.5 Å². The minimum absolute atomic E-state index is 0.0265. The quantitative estimate of drug-likeness (QED) is 0.895. The van der Waals surface area contributed by atoms with Crippen molar-refractivity contribution in [2.45, 2.75) is 38.6 Å². The van der Waals surface area contributed by atoms with Gasteiger partial charge in [-0.05, 0) is 42.5 Å². The van der Waals surface area contributed by atoms with E-state index in [4.69, 9.17) is 0 Å². The summed E-state index contributed by atoms with van der Waals surface area (Å²) in [5.74, 6) is -1.39. The van der Waals surface area contributed by atoms with Crippen molar-refractivity contribution in [1.82, 2.24) is 5.32 Å². The van der Waals surface area contributed by atoms with Crippen molar-refractivity contribution in [1.29, 1.82) is 0 Å². The van der Waals surface area contributed by atoms with Crippen LogP contribution in [0.15, 0.2) is 42.5 Å². The van der Waals surface area contributed by atoms with E-state index >= 15 is 0 Å². The van der Waals surface area contributed by atoms with Gasteiger partial charge in [0.1, 0.15) is 0 Å². The summed E-state index contributed by atoms with van der Waals surface area (Å²) in [6.07, 6.45) is 2.71. The molecule has 1 aliphatic rings. The van der Waals surface area contributed by atoms with Crippen LogP contribution in [0.4, 0.5) is 0 Å². The molecular weight excluding hydrogens is 302 g/mol. The second-order valence-corrected chi connectivity index (χ2v) is 6.70.